The third-order valence-corrected chi connectivity index (χ3v) is 7.72. The van der Waals surface area contributed by atoms with E-state index in [9.17, 15) is 0 Å². The summed E-state index contributed by atoms with van der Waals surface area (Å²) < 4.78 is 7.82. The number of rotatable bonds is 5. The summed E-state index contributed by atoms with van der Waals surface area (Å²) in [4.78, 5) is 2.44. The Morgan fingerprint density at radius 3 is 2.41 bits per heavy atom. The van der Waals surface area contributed by atoms with Gasteiger partial charge in [-0.1, -0.05) is 68.5 Å². The van der Waals surface area contributed by atoms with E-state index in [2.05, 4.69) is 123 Å². The molecule has 174 valence electrons. The van der Waals surface area contributed by atoms with Crippen LogP contribution < -0.4 is 4.90 Å². The average molecular weight is 452 g/mol. The van der Waals surface area contributed by atoms with E-state index < -0.39 is 0 Å². The van der Waals surface area contributed by atoms with Crippen molar-refractivity contribution in [3.8, 4) is 0 Å². The minimum absolute atomic E-state index is 0.0273. The standard InChI is InChI=1S/C31H35N2O/c1-30(2)24-14-9-10-15-25(24)32(5)27(30)16-11-17-28-31(3,4)29-23-13-8-7-12-22(23)18-19-26(29)33(28)20-21-34-6/h7-19H,20-21H2,1-6H3/q+1. The Morgan fingerprint density at radius 1 is 0.912 bits per heavy atom. The van der Waals surface area contributed by atoms with Gasteiger partial charge in [0.15, 0.2) is 5.71 Å². The fraction of sp³-hybridized carbons (Fsp3) is 0.323. The number of ether oxygens (including phenoxy) is 1. The van der Waals surface area contributed by atoms with Crippen LogP contribution in [0.1, 0.15) is 38.8 Å². The summed E-state index contributed by atoms with van der Waals surface area (Å²) in [5.41, 5.74) is 7.85. The molecule has 2 aliphatic rings. The molecule has 34 heavy (non-hydrogen) atoms. The summed E-state index contributed by atoms with van der Waals surface area (Å²) >= 11 is 0. The van der Waals surface area contributed by atoms with Crippen LogP contribution in [0.15, 0.2) is 84.6 Å². The van der Waals surface area contributed by atoms with Crippen molar-refractivity contribution in [1.29, 1.82) is 0 Å². The fourth-order valence-corrected chi connectivity index (χ4v) is 5.99. The zero-order chi connectivity index (χ0) is 24.1. The summed E-state index contributed by atoms with van der Waals surface area (Å²) in [6.45, 7) is 10.8. The zero-order valence-corrected chi connectivity index (χ0v) is 21.2. The third-order valence-electron chi connectivity index (χ3n) is 7.72. The Labute approximate surface area is 203 Å². The van der Waals surface area contributed by atoms with E-state index in [1.54, 1.807) is 7.11 Å². The highest BCUT2D eigenvalue weighted by molar-refractivity contribution is 6.03. The minimum atomic E-state index is -0.112. The number of hydrogen-bond acceptors (Lipinski definition) is 2. The number of methoxy groups -OCH3 is 1. The molecule has 3 aromatic carbocycles. The third kappa shape index (κ3) is 3.33. The molecule has 5 rings (SSSR count). The topological polar surface area (TPSA) is 15.5 Å². The molecule has 0 aromatic heterocycles. The maximum Gasteiger partial charge on any atom is 0.209 e. The predicted octanol–water partition coefficient (Wildman–Crippen LogP) is 6.73. The summed E-state index contributed by atoms with van der Waals surface area (Å²) in [5, 5.41) is 2.63. The van der Waals surface area contributed by atoms with Crippen LogP contribution in [0.5, 0.6) is 0 Å². The van der Waals surface area contributed by atoms with Crippen molar-refractivity contribution < 1.29 is 9.31 Å². The van der Waals surface area contributed by atoms with Gasteiger partial charge in [0.2, 0.25) is 5.69 Å². The van der Waals surface area contributed by atoms with Crippen LogP contribution >= 0.6 is 0 Å². The van der Waals surface area contributed by atoms with Crippen molar-refractivity contribution in [2.45, 2.75) is 38.5 Å². The van der Waals surface area contributed by atoms with Gasteiger partial charge in [-0.25, -0.2) is 0 Å². The van der Waals surface area contributed by atoms with E-state index in [0.29, 0.717) is 6.61 Å². The van der Waals surface area contributed by atoms with Crippen LogP contribution in [-0.2, 0) is 15.6 Å². The van der Waals surface area contributed by atoms with E-state index >= 15 is 0 Å². The second-order valence-electron chi connectivity index (χ2n) is 10.4. The molecule has 3 nitrogen and oxygen atoms in total. The number of anilines is 1. The lowest BCUT2D eigenvalue weighted by molar-refractivity contribution is -0.401. The van der Waals surface area contributed by atoms with Crippen molar-refractivity contribution in [3.05, 3.63) is 95.7 Å². The van der Waals surface area contributed by atoms with Crippen molar-refractivity contribution in [1.82, 2.24) is 0 Å². The first kappa shape index (κ1) is 22.6. The maximum atomic E-state index is 5.49. The summed E-state index contributed by atoms with van der Waals surface area (Å²) in [6.07, 6.45) is 6.84. The van der Waals surface area contributed by atoms with Crippen molar-refractivity contribution in [2.75, 3.05) is 32.2 Å². The molecule has 0 N–H and O–H groups in total. The molecule has 2 aliphatic heterocycles. The molecule has 3 heteroatoms. The monoisotopic (exact) mass is 451 g/mol. The van der Waals surface area contributed by atoms with Gasteiger partial charge in [0.1, 0.15) is 7.05 Å². The van der Waals surface area contributed by atoms with E-state index in [-0.39, 0.29) is 10.8 Å². The van der Waals surface area contributed by atoms with E-state index in [1.165, 1.54) is 44.7 Å². The number of nitrogens with zero attached hydrogens (tertiary/aromatic N) is 2. The van der Waals surface area contributed by atoms with Crippen LogP contribution in [0, 0.1) is 0 Å². The largest absolute Gasteiger partial charge is 0.383 e. The Hall–Kier alpha value is -3.17. The highest BCUT2D eigenvalue weighted by Gasteiger charge is 2.43. The molecular formula is C31H35N2O+. The minimum Gasteiger partial charge on any atom is -0.383 e. The van der Waals surface area contributed by atoms with Crippen molar-refractivity contribution >= 4 is 27.9 Å². The van der Waals surface area contributed by atoms with Crippen LogP contribution in [0.3, 0.4) is 0 Å². The van der Waals surface area contributed by atoms with Gasteiger partial charge in [-0.3, -0.25) is 0 Å². The Kier molecular flexibility index (Phi) is 5.49. The molecular weight excluding hydrogens is 416 g/mol. The normalized spacial score (nSPS) is 19.5. The lowest BCUT2D eigenvalue weighted by Crippen LogP contribution is -2.29. The quantitative estimate of drug-likeness (QED) is 0.400. The molecule has 0 unspecified atom stereocenters. The van der Waals surface area contributed by atoms with Crippen molar-refractivity contribution in [2.24, 2.45) is 0 Å². The molecule has 0 spiro atoms. The molecule has 0 atom stereocenters. The van der Waals surface area contributed by atoms with Gasteiger partial charge in [-0.15, -0.1) is 0 Å². The molecule has 2 heterocycles. The van der Waals surface area contributed by atoms with Gasteiger partial charge in [-0.2, -0.15) is 4.58 Å². The van der Waals surface area contributed by atoms with Gasteiger partial charge < -0.3 is 9.64 Å². The van der Waals surface area contributed by atoms with Gasteiger partial charge in [0.25, 0.3) is 0 Å². The average Bonchev–Trinajstić information content (AvgIpc) is 3.17. The lowest BCUT2D eigenvalue weighted by atomic mass is 9.80. The molecule has 3 aromatic rings. The van der Waals surface area contributed by atoms with Crippen molar-refractivity contribution in [3.63, 3.8) is 0 Å². The second-order valence-corrected chi connectivity index (χ2v) is 10.4. The highest BCUT2D eigenvalue weighted by atomic mass is 16.5. The number of para-hydroxylation sites is 1. The number of hydrogen-bond donors (Lipinski definition) is 0. The molecule has 0 amide bonds. The first-order valence-corrected chi connectivity index (χ1v) is 12.2. The Balaban J connectivity index is 1.58. The van der Waals surface area contributed by atoms with Gasteiger partial charge in [-0.05, 0) is 42.3 Å². The van der Waals surface area contributed by atoms with Gasteiger partial charge in [0.05, 0.1) is 12.0 Å². The van der Waals surface area contributed by atoms with Crippen LogP contribution in [0.2, 0.25) is 0 Å². The van der Waals surface area contributed by atoms with Crippen LogP contribution in [0.25, 0.3) is 10.8 Å². The summed E-state index contributed by atoms with van der Waals surface area (Å²) in [6, 6.07) is 22.0. The SMILES string of the molecule is COCCN1/C(=C/C=C/C2=[N+](C)c3ccccc3C2(C)C)C(C)(C)c2c1ccc1ccccc21. The van der Waals surface area contributed by atoms with Crippen LogP contribution in [0.4, 0.5) is 11.4 Å². The smallest absolute Gasteiger partial charge is 0.209 e. The molecule has 0 saturated heterocycles. The lowest BCUT2D eigenvalue weighted by Gasteiger charge is -2.27. The second kappa shape index (κ2) is 8.25. The molecule has 0 radical (unpaired) electrons. The molecule has 0 saturated carbocycles. The molecule has 0 bridgehead atoms. The number of benzene rings is 3. The summed E-state index contributed by atoms with van der Waals surface area (Å²) in [7, 11) is 3.95. The van der Waals surface area contributed by atoms with E-state index in [4.69, 9.17) is 4.74 Å². The number of fused-ring (bicyclic) bond motifs is 4. The molecule has 0 aliphatic carbocycles. The van der Waals surface area contributed by atoms with Crippen LogP contribution in [-0.4, -0.2) is 37.6 Å². The first-order chi connectivity index (χ1) is 16.3. The van der Waals surface area contributed by atoms with Gasteiger partial charge >= 0.3 is 0 Å². The van der Waals surface area contributed by atoms with E-state index in [1.807, 2.05) is 0 Å². The Morgan fingerprint density at radius 2 is 1.65 bits per heavy atom. The predicted molar refractivity (Wildman–Crippen MR) is 144 cm³/mol. The number of allylic oxidation sites excluding steroid dienone is 4. The highest BCUT2D eigenvalue weighted by Crippen LogP contribution is 2.50. The molecule has 0 fully saturated rings. The first-order valence-electron chi connectivity index (χ1n) is 12.2. The van der Waals surface area contributed by atoms with Gasteiger partial charge in [0, 0.05) is 48.2 Å². The summed E-state index contributed by atoms with van der Waals surface area (Å²) in [5.74, 6) is 0. The maximum absolute atomic E-state index is 5.49. The van der Waals surface area contributed by atoms with E-state index in [0.717, 1.165) is 6.54 Å². The Bertz CT molecular complexity index is 1360. The fourth-order valence-electron chi connectivity index (χ4n) is 5.99. The zero-order valence-electron chi connectivity index (χ0n) is 21.2.